The molecule has 100 valence electrons. The molecule has 0 aliphatic heterocycles. The van der Waals surface area contributed by atoms with Crippen LogP contribution in [0.2, 0.25) is 0 Å². The van der Waals surface area contributed by atoms with Crippen LogP contribution in [0.15, 0.2) is 16.6 Å². The molecule has 0 bridgehead atoms. The zero-order valence-corrected chi connectivity index (χ0v) is 12.2. The van der Waals surface area contributed by atoms with Crippen LogP contribution in [-0.4, -0.2) is 31.5 Å². The molecule has 0 radical (unpaired) electrons. The lowest BCUT2D eigenvalue weighted by Gasteiger charge is -2.16. The molecule has 1 fully saturated rings. The number of rotatable bonds is 6. The third kappa shape index (κ3) is 2.79. The third-order valence-electron chi connectivity index (χ3n) is 3.36. The van der Waals surface area contributed by atoms with E-state index in [1.54, 1.807) is 14.2 Å². The summed E-state index contributed by atoms with van der Waals surface area (Å²) in [4.78, 5) is 0. The molecule has 1 aliphatic carbocycles. The quantitative estimate of drug-likeness (QED) is 0.844. The number of nitrogens with one attached hydrogen (secondary N) is 1. The van der Waals surface area contributed by atoms with Gasteiger partial charge in [0.2, 0.25) is 0 Å². The molecule has 5 heteroatoms. The van der Waals surface area contributed by atoms with Crippen LogP contribution >= 0.6 is 15.9 Å². The van der Waals surface area contributed by atoms with Crippen molar-refractivity contribution in [1.82, 2.24) is 5.32 Å². The van der Waals surface area contributed by atoms with Crippen molar-refractivity contribution < 1.29 is 14.6 Å². The van der Waals surface area contributed by atoms with Crippen LogP contribution in [0.25, 0.3) is 0 Å². The van der Waals surface area contributed by atoms with E-state index < -0.39 is 0 Å². The maximum absolute atomic E-state index is 9.27. The smallest absolute Gasteiger partial charge is 0.161 e. The highest BCUT2D eigenvalue weighted by atomic mass is 79.9. The van der Waals surface area contributed by atoms with Crippen molar-refractivity contribution in [2.75, 3.05) is 20.8 Å². The standard InChI is InChI=1S/C13H18BrNO3/c1-17-11-5-9(10(14)6-12(11)18-2)7-15-13(8-16)3-4-13/h5-6,15-16H,3-4,7-8H2,1-2H3. The molecule has 1 aromatic carbocycles. The molecule has 2 rings (SSSR count). The summed E-state index contributed by atoms with van der Waals surface area (Å²) in [7, 11) is 3.24. The fourth-order valence-electron chi connectivity index (χ4n) is 1.86. The molecule has 0 heterocycles. The van der Waals surface area contributed by atoms with E-state index in [0.29, 0.717) is 18.0 Å². The van der Waals surface area contributed by atoms with Gasteiger partial charge in [-0.05, 0) is 30.5 Å². The number of methoxy groups -OCH3 is 2. The predicted octanol–water partition coefficient (Wildman–Crippen LogP) is 2.08. The molecule has 18 heavy (non-hydrogen) atoms. The van der Waals surface area contributed by atoms with Gasteiger partial charge in [0.05, 0.1) is 20.8 Å². The molecular weight excluding hydrogens is 298 g/mol. The van der Waals surface area contributed by atoms with Crippen molar-refractivity contribution in [3.05, 3.63) is 22.2 Å². The van der Waals surface area contributed by atoms with Gasteiger partial charge in [0, 0.05) is 16.6 Å². The number of hydrogen-bond donors (Lipinski definition) is 2. The zero-order valence-electron chi connectivity index (χ0n) is 10.6. The Balaban J connectivity index is 2.12. The SMILES string of the molecule is COc1cc(Br)c(CNC2(CO)CC2)cc1OC. The summed E-state index contributed by atoms with van der Waals surface area (Å²) in [6.07, 6.45) is 2.07. The summed E-state index contributed by atoms with van der Waals surface area (Å²) in [5.41, 5.74) is 1.03. The first-order valence-electron chi connectivity index (χ1n) is 5.90. The van der Waals surface area contributed by atoms with Crippen molar-refractivity contribution in [1.29, 1.82) is 0 Å². The second-order valence-corrected chi connectivity index (χ2v) is 5.44. The van der Waals surface area contributed by atoms with Gasteiger partial charge >= 0.3 is 0 Å². The highest BCUT2D eigenvalue weighted by Crippen LogP contribution is 2.37. The minimum absolute atomic E-state index is 0.0629. The first-order chi connectivity index (χ1) is 8.64. The van der Waals surface area contributed by atoms with Gasteiger partial charge in [0.25, 0.3) is 0 Å². The van der Waals surface area contributed by atoms with Gasteiger partial charge in [-0.15, -0.1) is 0 Å². The fraction of sp³-hybridized carbons (Fsp3) is 0.538. The highest BCUT2D eigenvalue weighted by molar-refractivity contribution is 9.10. The van der Waals surface area contributed by atoms with Crippen LogP contribution in [0.5, 0.6) is 11.5 Å². The van der Waals surface area contributed by atoms with Gasteiger partial charge in [-0.2, -0.15) is 0 Å². The topological polar surface area (TPSA) is 50.7 Å². The molecule has 0 unspecified atom stereocenters. The van der Waals surface area contributed by atoms with E-state index in [0.717, 1.165) is 22.9 Å². The summed E-state index contributed by atoms with van der Waals surface area (Å²) in [5.74, 6) is 1.42. The summed E-state index contributed by atoms with van der Waals surface area (Å²) in [5, 5.41) is 12.7. The van der Waals surface area contributed by atoms with Crippen LogP contribution in [0.4, 0.5) is 0 Å². The van der Waals surface area contributed by atoms with E-state index in [9.17, 15) is 5.11 Å². The molecule has 1 aliphatic rings. The fourth-order valence-corrected chi connectivity index (χ4v) is 2.32. The number of halogens is 1. The van der Waals surface area contributed by atoms with Crippen molar-refractivity contribution >= 4 is 15.9 Å². The normalized spacial score (nSPS) is 16.4. The Labute approximate surface area is 115 Å². The van der Waals surface area contributed by atoms with Gasteiger partial charge in [-0.3, -0.25) is 0 Å². The van der Waals surface area contributed by atoms with Gasteiger partial charge in [-0.1, -0.05) is 15.9 Å². The van der Waals surface area contributed by atoms with Crippen LogP contribution in [-0.2, 0) is 6.54 Å². The Morgan fingerprint density at radius 1 is 1.28 bits per heavy atom. The molecule has 0 saturated heterocycles. The molecule has 0 spiro atoms. The van der Waals surface area contributed by atoms with Gasteiger partial charge in [0.1, 0.15) is 0 Å². The van der Waals surface area contributed by atoms with Gasteiger partial charge in [0.15, 0.2) is 11.5 Å². The molecular formula is C13H18BrNO3. The Morgan fingerprint density at radius 2 is 1.89 bits per heavy atom. The van der Waals surface area contributed by atoms with E-state index in [4.69, 9.17) is 9.47 Å². The lowest BCUT2D eigenvalue weighted by Crippen LogP contribution is -2.34. The number of benzene rings is 1. The first kappa shape index (κ1) is 13.6. The maximum Gasteiger partial charge on any atom is 0.161 e. The van der Waals surface area contributed by atoms with Crippen molar-refractivity contribution in [2.24, 2.45) is 0 Å². The minimum atomic E-state index is -0.0629. The number of hydrogen-bond acceptors (Lipinski definition) is 4. The minimum Gasteiger partial charge on any atom is -0.493 e. The van der Waals surface area contributed by atoms with Crippen LogP contribution in [0, 0.1) is 0 Å². The molecule has 1 aromatic rings. The van der Waals surface area contributed by atoms with E-state index in [1.165, 1.54) is 0 Å². The van der Waals surface area contributed by atoms with E-state index in [-0.39, 0.29) is 12.1 Å². The monoisotopic (exact) mass is 315 g/mol. The second-order valence-electron chi connectivity index (χ2n) is 4.59. The zero-order chi connectivity index (χ0) is 13.2. The maximum atomic E-state index is 9.27. The second kappa shape index (κ2) is 5.47. The number of aliphatic hydroxyl groups excluding tert-OH is 1. The number of aliphatic hydroxyl groups is 1. The summed E-state index contributed by atoms with van der Waals surface area (Å²) >= 11 is 3.52. The lowest BCUT2D eigenvalue weighted by molar-refractivity contribution is 0.229. The predicted molar refractivity (Wildman–Crippen MR) is 73.1 cm³/mol. The summed E-state index contributed by atoms with van der Waals surface area (Å²) < 4.78 is 11.5. The van der Waals surface area contributed by atoms with E-state index in [1.807, 2.05) is 12.1 Å². The summed E-state index contributed by atoms with van der Waals surface area (Å²) in [6, 6.07) is 3.84. The van der Waals surface area contributed by atoms with Crippen LogP contribution in [0.1, 0.15) is 18.4 Å². The highest BCUT2D eigenvalue weighted by Gasteiger charge is 2.41. The van der Waals surface area contributed by atoms with Gasteiger partial charge in [-0.25, -0.2) is 0 Å². The first-order valence-corrected chi connectivity index (χ1v) is 6.70. The average molecular weight is 316 g/mol. The van der Waals surface area contributed by atoms with Crippen molar-refractivity contribution in [3.8, 4) is 11.5 Å². The molecule has 0 amide bonds. The number of ether oxygens (including phenoxy) is 2. The Bertz CT molecular complexity index is 432. The largest absolute Gasteiger partial charge is 0.493 e. The Morgan fingerprint density at radius 3 is 2.39 bits per heavy atom. The third-order valence-corrected chi connectivity index (χ3v) is 4.10. The average Bonchev–Trinajstić information content (AvgIpc) is 3.17. The van der Waals surface area contributed by atoms with Crippen molar-refractivity contribution in [2.45, 2.75) is 24.9 Å². The Kier molecular flexibility index (Phi) is 4.14. The molecule has 0 atom stereocenters. The van der Waals surface area contributed by atoms with Gasteiger partial charge < -0.3 is 19.9 Å². The van der Waals surface area contributed by atoms with Crippen LogP contribution in [0.3, 0.4) is 0 Å². The van der Waals surface area contributed by atoms with Crippen LogP contribution < -0.4 is 14.8 Å². The van der Waals surface area contributed by atoms with E-state index in [2.05, 4.69) is 21.2 Å². The lowest BCUT2D eigenvalue weighted by atomic mass is 10.1. The van der Waals surface area contributed by atoms with E-state index >= 15 is 0 Å². The van der Waals surface area contributed by atoms with Crippen molar-refractivity contribution in [3.63, 3.8) is 0 Å². The summed E-state index contributed by atoms with van der Waals surface area (Å²) in [6.45, 7) is 0.888. The molecule has 4 nitrogen and oxygen atoms in total. The molecule has 2 N–H and O–H groups in total. The molecule has 0 aromatic heterocycles. The Hall–Kier alpha value is -0.780. The molecule has 1 saturated carbocycles.